The van der Waals surface area contributed by atoms with Gasteiger partial charge in [0.2, 0.25) is 5.91 Å². The molecule has 0 aliphatic rings. The molecule has 1 aromatic heterocycles. The fraction of sp³-hybridized carbons (Fsp3) is 0.240. The Labute approximate surface area is 202 Å². The molecule has 176 valence electrons. The Morgan fingerprint density at radius 2 is 1.82 bits per heavy atom. The number of anilines is 1. The molecule has 0 saturated heterocycles. The van der Waals surface area contributed by atoms with Crippen LogP contribution in [0.2, 0.25) is 0 Å². The van der Waals surface area contributed by atoms with Gasteiger partial charge in [0.15, 0.2) is 11.0 Å². The number of ether oxygens (including phenoxy) is 3. The van der Waals surface area contributed by atoms with Crippen LogP contribution < -0.4 is 19.5 Å². The number of rotatable bonds is 10. The number of carbonyl (C=O) groups is 1. The van der Waals surface area contributed by atoms with E-state index in [1.165, 1.54) is 11.8 Å². The Kier molecular flexibility index (Phi) is 7.54. The summed E-state index contributed by atoms with van der Waals surface area (Å²) < 4.78 is 18.6. The highest BCUT2D eigenvalue weighted by atomic mass is 32.2. The minimum Gasteiger partial charge on any atom is -0.497 e. The van der Waals surface area contributed by atoms with Gasteiger partial charge >= 0.3 is 0 Å². The van der Waals surface area contributed by atoms with Crippen molar-refractivity contribution in [3.63, 3.8) is 0 Å². The second-order valence-electron chi connectivity index (χ2n) is 7.31. The number of carbonyl (C=O) groups excluding carboxylic acids is 1. The molecule has 0 bridgehead atoms. The third-order valence-electron chi connectivity index (χ3n) is 5.23. The zero-order valence-corrected chi connectivity index (χ0v) is 20.1. The summed E-state index contributed by atoms with van der Waals surface area (Å²) in [4.78, 5) is 12.6. The van der Waals surface area contributed by atoms with Crippen LogP contribution in [0, 0.1) is 0 Å². The first-order valence-electron chi connectivity index (χ1n) is 10.8. The van der Waals surface area contributed by atoms with Crippen molar-refractivity contribution in [2.24, 2.45) is 0 Å². The molecule has 0 spiro atoms. The van der Waals surface area contributed by atoms with Crippen LogP contribution in [0.25, 0.3) is 10.8 Å². The summed E-state index contributed by atoms with van der Waals surface area (Å²) in [6.07, 6.45) is 0. The molecule has 1 heterocycles. The molecule has 0 unspecified atom stereocenters. The van der Waals surface area contributed by atoms with Gasteiger partial charge in [0.25, 0.3) is 0 Å². The van der Waals surface area contributed by atoms with Gasteiger partial charge in [0, 0.05) is 18.0 Å². The molecule has 9 heteroatoms. The number of benzene rings is 3. The predicted molar refractivity (Wildman–Crippen MR) is 133 cm³/mol. The lowest BCUT2D eigenvalue weighted by Crippen LogP contribution is -2.15. The van der Waals surface area contributed by atoms with Crippen molar-refractivity contribution >= 4 is 34.1 Å². The van der Waals surface area contributed by atoms with Gasteiger partial charge in [0.1, 0.15) is 23.9 Å². The Hall–Kier alpha value is -3.72. The first-order chi connectivity index (χ1) is 16.6. The molecule has 0 aliphatic carbocycles. The summed E-state index contributed by atoms with van der Waals surface area (Å²) in [6, 6.07) is 19.3. The first kappa shape index (κ1) is 23.4. The van der Waals surface area contributed by atoms with Crippen molar-refractivity contribution in [2.45, 2.75) is 25.2 Å². The Balaban J connectivity index is 1.40. The molecular weight excluding hydrogens is 452 g/mol. The van der Waals surface area contributed by atoms with Crippen molar-refractivity contribution in [3.05, 3.63) is 66.5 Å². The highest BCUT2D eigenvalue weighted by Crippen LogP contribution is 2.30. The summed E-state index contributed by atoms with van der Waals surface area (Å²) in [6.45, 7) is 2.95. The van der Waals surface area contributed by atoms with Crippen LogP contribution in [-0.2, 0) is 17.9 Å². The number of thioether (sulfide) groups is 1. The van der Waals surface area contributed by atoms with Crippen molar-refractivity contribution in [1.29, 1.82) is 0 Å². The summed E-state index contributed by atoms with van der Waals surface area (Å²) in [5.74, 6) is 2.67. The second kappa shape index (κ2) is 10.9. The molecule has 1 amide bonds. The highest BCUT2D eigenvalue weighted by molar-refractivity contribution is 7.99. The number of nitrogens with zero attached hydrogens (tertiary/aromatic N) is 3. The SMILES string of the molecule is CCn1c(COc2cccc3ccccc23)nnc1SCC(=O)Nc1cc(OC)ccc1OC. The molecule has 34 heavy (non-hydrogen) atoms. The topological polar surface area (TPSA) is 87.5 Å². The quantitative estimate of drug-likeness (QED) is 0.328. The average Bonchev–Trinajstić information content (AvgIpc) is 3.27. The maximum absolute atomic E-state index is 12.6. The normalized spacial score (nSPS) is 10.8. The van der Waals surface area contributed by atoms with Gasteiger partial charge in [0.05, 0.1) is 25.7 Å². The zero-order chi connectivity index (χ0) is 23.9. The Morgan fingerprint density at radius 3 is 2.62 bits per heavy atom. The van der Waals surface area contributed by atoms with E-state index in [9.17, 15) is 4.79 Å². The van der Waals surface area contributed by atoms with E-state index in [-0.39, 0.29) is 18.3 Å². The molecule has 3 aromatic carbocycles. The van der Waals surface area contributed by atoms with Gasteiger partial charge in [-0.05, 0) is 30.5 Å². The van der Waals surface area contributed by atoms with Gasteiger partial charge in [-0.25, -0.2) is 0 Å². The summed E-state index contributed by atoms with van der Waals surface area (Å²) in [5.41, 5.74) is 0.550. The van der Waals surface area contributed by atoms with E-state index >= 15 is 0 Å². The van der Waals surface area contributed by atoms with Gasteiger partial charge in [-0.1, -0.05) is 48.2 Å². The molecule has 4 aromatic rings. The minimum atomic E-state index is -0.184. The fourth-order valence-corrected chi connectivity index (χ4v) is 4.36. The van der Waals surface area contributed by atoms with Gasteiger partial charge in [-0.15, -0.1) is 10.2 Å². The lowest BCUT2D eigenvalue weighted by Gasteiger charge is -2.12. The number of nitrogens with one attached hydrogen (secondary N) is 1. The zero-order valence-electron chi connectivity index (χ0n) is 19.3. The Bertz CT molecular complexity index is 1290. The largest absolute Gasteiger partial charge is 0.497 e. The lowest BCUT2D eigenvalue weighted by atomic mass is 10.1. The molecule has 0 atom stereocenters. The number of fused-ring (bicyclic) bond motifs is 1. The maximum Gasteiger partial charge on any atom is 0.234 e. The maximum atomic E-state index is 12.6. The molecule has 0 saturated carbocycles. The molecule has 8 nitrogen and oxygen atoms in total. The van der Waals surface area contributed by atoms with Crippen LogP contribution >= 0.6 is 11.8 Å². The van der Waals surface area contributed by atoms with E-state index in [2.05, 4.69) is 27.6 Å². The van der Waals surface area contributed by atoms with E-state index in [1.54, 1.807) is 32.4 Å². The lowest BCUT2D eigenvalue weighted by molar-refractivity contribution is -0.113. The van der Waals surface area contributed by atoms with E-state index in [1.807, 2.05) is 41.8 Å². The van der Waals surface area contributed by atoms with E-state index in [0.29, 0.717) is 34.7 Å². The Morgan fingerprint density at radius 1 is 1.00 bits per heavy atom. The van der Waals surface area contributed by atoms with E-state index in [4.69, 9.17) is 14.2 Å². The summed E-state index contributed by atoms with van der Waals surface area (Å²) in [7, 11) is 3.13. The second-order valence-corrected chi connectivity index (χ2v) is 8.25. The number of hydrogen-bond acceptors (Lipinski definition) is 7. The van der Waals surface area contributed by atoms with Crippen molar-refractivity contribution in [3.8, 4) is 17.2 Å². The van der Waals surface area contributed by atoms with Crippen LogP contribution in [0.4, 0.5) is 5.69 Å². The van der Waals surface area contributed by atoms with Crippen molar-refractivity contribution in [1.82, 2.24) is 14.8 Å². The molecule has 0 radical (unpaired) electrons. The number of aromatic nitrogens is 3. The molecular formula is C25H26N4O4S. The summed E-state index contributed by atoms with van der Waals surface area (Å²) in [5, 5.41) is 14.3. The molecule has 0 aliphatic heterocycles. The van der Waals surface area contributed by atoms with E-state index < -0.39 is 0 Å². The average molecular weight is 479 g/mol. The third kappa shape index (κ3) is 5.26. The van der Waals surface area contributed by atoms with Crippen LogP contribution in [0.3, 0.4) is 0 Å². The standard InChI is InChI=1S/C25H26N4O4S/c1-4-29-23(15-33-21-11-7-9-17-8-5-6-10-19(17)21)27-28-25(29)34-16-24(30)26-20-14-18(31-2)12-13-22(20)32-3/h5-14H,4,15-16H2,1-3H3,(H,26,30). The van der Waals surface area contributed by atoms with Gasteiger partial charge < -0.3 is 24.1 Å². The smallest absolute Gasteiger partial charge is 0.234 e. The van der Waals surface area contributed by atoms with Gasteiger partial charge in [-0.2, -0.15) is 0 Å². The monoisotopic (exact) mass is 478 g/mol. The minimum absolute atomic E-state index is 0.169. The molecule has 4 rings (SSSR count). The number of methoxy groups -OCH3 is 2. The van der Waals surface area contributed by atoms with Crippen LogP contribution in [0.1, 0.15) is 12.7 Å². The van der Waals surface area contributed by atoms with Gasteiger partial charge in [-0.3, -0.25) is 4.79 Å². The number of amides is 1. The van der Waals surface area contributed by atoms with Crippen LogP contribution in [0.5, 0.6) is 17.2 Å². The van der Waals surface area contributed by atoms with Crippen LogP contribution in [-0.4, -0.2) is 40.6 Å². The molecule has 1 N–H and O–H groups in total. The first-order valence-corrected chi connectivity index (χ1v) is 11.8. The highest BCUT2D eigenvalue weighted by Gasteiger charge is 2.15. The van der Waals surface area contributed by atoms with Crippen molar-refractivity contribution < 1.29 is 19.0 Å². The predicted octanol–water partition coefficient (Wildman–Crippen LogP) is 4.78. The van der Waals surface area contributed by atoms with E-state index in [0.717, 1.165) is 16.5 Å². The molecule has 0 fully saturated rings. The van der Waals surface area contributed by atoms with Crippen molar-refractivity contribution in [2.75, 3.05) is 25.3 Å². The summed E-state index contributed by atoms with van der Waals surface area (Å²) >= 11 is 1.32. The number of hydrogen-bond donors (Lipinski definition) is 1. The van der Waals surface area contributed by atoms with Crippen LogP contribution in [0.15, 0.2) is 65.8 Å². The fourth-order valence-electron chi connectivity index (χ4n) is 3.54. The third-order valence-corrected chi connectivity index (χ3v) is 6.20.